The minimum absolute atomic E-state index is 0.0445. The van der Waals surface area contributed by atoms with Crippen LogP contribution in [0.15, 0.2) is 36.4 Å². The maximum absolute atomic E-state index is 12.4. The van der Waals surface area contributed by atoms with Crippen molar-refractivity contribution in [1.82, 2.24) is 20.1 Å². The van der Waals surface area contributed by atoms with Gasteiger partial charge in [-0.3, -0.25) is 9.59 Å². The first-order chi connectivity index (χ1) is 13.4. The molecule has 2 heterocycles. The average molecular weight is 379 g/mol. The van der Waals surface area contributed by atoms with Gasteiger partial charge in [-0.1, -0.05) is 18.2 Å². The topological polar surface area (TPSA) is 106 Å². The van der Waals surface area contributed by atoms with E-state index < -0.39 is 0 Å². The molecule has 0 bridgehead atoms. The maximum Gasteiger partial charge on any atom is 0.268 e. The predicted octanol–water partition coefficient (Wildman–Crippen LogP) is 2.96. The number of para-hydroxylation sites is 1. The number of anilines is 1. The molecule has 1 aromatic carbocycles. The molecule has 0 saturated heterocycles. The number of rotatable bonds is 7. The van der Waals surface area contributed by atoms with Gasteiger partial charge in [0.1, 0.15) is 11.5 Å². The third-order valence-corrected chi connectivity index (χ3v) is 4.70. The smallest absolute Gasteiger partial charge is 0.268 e. The average Bonchev–Trinajstić information content (AvgIpc) is 3.18. The number of nitrogens with two attached hydrogens (primary N) is 1. The molecular weight excluding hydrogens is 354 g/mol. The van der Waals surface area contributed by atoms with Crippen molar-refractivity contribution in [2.24, 2.45) is 0 Å². The van der Waals surface area contributed by atoms with Crippen LogP contribution in [-0.4, -0.2) is 33.0 Å². The molecule has 0 aliphatic rings. The van der Waals surface area contributed by atoms with Gasteiger partial charge in [-0.05, 0) is 51.3 Å². The van der Waals surface area contributed by atoms with E-state index in [4.69, 9.17) is 5.73 Å². The molecule has 7 nitrogen and oxygen atoms in total. The van der Waals surface area contributed by atoms with Crippen molar-refractivity contribution in [3.05, 3.63) is 64.6 Å². The number of hydrogen-bond donors (Lipinski definition) is 3. The Bertz CT molecular complexity index is 1000. The predicted molar refractivity (Wildman–Crippen MR) is 109 cm³/mol. The van der Waals surface area contributed by atoms with Gasteiger partial charge < -0.3 is 16.0 Å². The highest BCUT2D eigenvalue weighted by Crippen LogP contribution is 2.18. The number of benzene rings is 1. The number of carbonyl (C=O) groups is 2. The van der Waals surface area contributed by atoms with Gasteiger partial charge in [-0.15, -0.1) is 0 Å². The molecule has 1 amide bonds. The molecule has 0 aliphatic carbocycles. The number of ketones is 1. The van der Waals surface area contributed by atoms with Gasteiger partial charge in [-0.25, -0.2) is 4.68 Å². The van der Waals surface area contributed by atoms with E-state index in [1.165, 1.54) is 6.92 Å². The number of carbonyl (C=O) groups excluding carboxylic acids is 2. The van der Waals surface area contributed by atoms with Gasteiger partial charge >= 0.3 is 0 Å². The van der Waals surface area contributed by atoms with E-state index in [2.05, 4.69) is 15.4 Å². The monoisotopic (exact) mass is 379 g/mol. The second-order valence-electron chi connectivity index (χ2n) is 6.85. The number of nitrogens with one attached hydrogen (secondary N) is 2. The van der Waals surface area contributed by atoms with Crippen LogP contribution in [0.4, 0.5) is 5.82 Å². The largest absolute Gasteiger partial charge is 0.384 e. The van der Waals surface area contributed by atoms with Crippen LogP contribution in [0.2, 0.25) is 0 Å². The summed E-state index contributed by atoms with van der Waals surface area (Å²) in [4.78, 5) is 27.1. The summed E-state index contributed by atoms with van der Waals surface area (Å²) in [6.07, 6.45) is 1.43. The summed E-state index contributed by atoms with van der Waals surface area (Å²) < 4.78 is 1.71. The number of aromatic nitrogens is 3. The quantitative estimate of drug-likeness (QED) is 0.433. The summed E-state index contributed by atoms with van der Waals surface area (Å²) in [6, 6.07) is 11.6. The highest BCUT2D eigenvalue weighted by Gasteiger charge is 2.19. The van der Waals surface area contributed by atoms with Crippen molar-refractivity contribution >= 4 is 17.5 Å². The fourth-order valence-corrected chi connectivity index (χ4v) is 3.41. The zero-order valence-electron chi connectivity index (χ0n) is 16.4. The van der Waals surface area contributed by atoms with Crippen LogP contribution in [0.5, 0.6) is 0 Å². The molecule has 0 aliphatic heterocycles. The second-order valence-corrected chi connectivity index (χ2v) is 6.85. The first-order valence-corrected chi connectivity index (χ1v) is 9.26. The highest BCUT2D eigenvalue weighted by atomic mass is 16.2. The maximum atomic E-state index is 12.4. The van der Waals surface area contributed by atoms with Crippen molar-refractivity contribution in [3.8, 4) is 5.69 Å². The fraction of sp³-hybridized carbons (Fsp3) is 0.286. The van der Waals surface area contributed by atoms with E-state index in [-0.39, 0.29) is 11.7 Å². The van der Waals surface area contributed by atoms with E-state index in [0.717, 1.165) is 23.5 Å². The number of nitrogens with zero attached hydrogens (tertiary/aromatic N) is 2. The molecule has 3 aromatic rings. The minimum atomic E-state index is -0.206. The van der Waals surface area contributed by atoms with Gasteiger partial charge in [0, 0.05) is 23.9 Å². The van der Waals surface area contributed by atoms with E-state index in [0.29, 0.717) is 35.6 Å². The number of aromatic amines is 1. The molecule has 7 heteroatoms. The van der Waals surface area contributed by atoms with Crippen molar-refractivity contribution in [3.63, 3.8) is 0 Å². The molecule has 0 saturated carbocycles. The molecule has 0 fully saturated rings. The minimum Gasteiger partial charge on any atom is -0.384 e. The lowest BCUT2D eigenvalue weighted by Gasteiger charge is -2.04. The number of H-pyrrole nitrogens is 1. The summed E-state index contributed by atoms with van der Waals surface area (Å²) in [5, 5.41) is 7.43. The summed E-state index contributed by atoms with van der Waals surface area (Å²) in [5.41, 5.74) is 10.3. The summed E-state index contributed by atoms with van der Waals surface area (Å²) in [7, 11) is 0. The van der Waals surface area contributed by atoms with E-state index >= 15 is 0 Å². The number of nitrogen functional groups attached to an aromatic ring is 1. The lowest BCUT2D eigenvalue weighted by Crippen LogP contribution is -2.25. The van der Waals surface area contributed by atoms with Gasteiger partial charge in [-0.2, -0.15) is 5.10 Å². The van der Waals surface area contributed by atoms with Crippen LogP contribution in [0, 0.1) is 13.8 Å². The Morgan fingerprint density at radius 3 is 2.57 bits per heavy atom. The first kappa shape index (κ1) is 19.4. The van der Waals surface area contributed by atoms with Crippen LogP contribution < -0.4 is 11.1 Å². The molecule has 4 N–H and O–H groups in total. The zero-order valence-corrected chi connectivity index (χ0v) is 16.4. The molecule has 0 unspecified atom stereocenters. The van der Waals surface area contributed by atoms with Gasteiger partial charge in [0.15, 0.2) is 5.78 Å². The molecule has 2 aromatic heterocycles. The molecule has 0 radical (unpaired) electrons. The molecule has 3 rings (SSSR count). The van der Waals surface area contributed by atoms with Gasteiger partial charge in [0.2, 0.25) is 0 Å². The van der Waals surface area contributed by atoms with Gasteiger partial charge in [0.05, 0.1) is 11.4 Å². The summed E-state index contributed by atoms with van der Waals surface area (Å²) in [6.45, 7) is 5.59. The lowest BCUT2D eigenvalue weighted by atomic mass is 10.1. The van der Waals surface area contributed by atoms with Gasteiger partial charge in [0.25, 0.3) is 5.91 Å². The van der Waals surface area contributed by atoms with Crippen LogP contribution in [0.3, 0.4) is 0 Å². The summed E-state index contributed by atoms with van der Waals surface area (Å²) >= 11 is 0. The molecule has 0 spiro atoms. The lowest BCUT2D eigenvalue weighted by molar-refractivity contribution is 0.0948. The van der Waals surface area contributed by atoms with Crippen molar-refractivity contribution in [1.29, 1.82) is 0 Å². The van der Waals surface area contributed by atoms with Crippen molar-refractivity contribution in [2.45, 2.75) is 33.6 Å². The zero-order chi connectivity index (χ0) is 20.3. The van der Waals surface area contributed by atoms with Crippen LogP contribution in [-0.2, 0) is 6.42 Å². The Kier molecular flexibility index (Phi) is 5.63. The van der Waals surface area contributed by atoms with Crippen molar-refractivity contribution < 1.29 is 9.59 Å². The van der Waals surface area contributed by atoms with Crippen LogP contribution in [0.1, 0.15) is 51.1 Å². The van der Waals surface area contributed by atoms with Crippen molar-refractivity contribution in [2.75, 3.05) is 12.3 Å². The third-order valence-electron chi connectivity index (χ3n) is 4.70. The SMILES string of the molecule is CC(=O)c1c(C)[nH]c(C(=O)NCCCc2cc(N)n(-c3ccccc3)n2)c1C. The van der Waals surface area contributed by atoms with E-state index in [9.17, 15) is 9.59 Å². The fourth-order valence-electron chi connectivity index (χ4n) is 3.41. The van der Waals surface area contributed by atoms with Crippen LogP contribution in [0.25, 0.3) is 5.69 Å². The molecule has 28 heavy (non-hydrogen) atoms. The Morgan fingerprint density at radius 1 is 1.21 bits per heavy atom. The summed E-state index contributed by atoms with van der Waals surface area (Å²) in [5.74, 6) is 0.332. The number of hydrogen-bond acceptors (Lipinski definition) is 4. The first-order valence-electron chi connectivity index (χ1n) is 9.26. The Labute approximate surface area is 163 Å². The highest BCUT2D eigenvalue weighted by molar-refractivity contribution is 6.02. The Balaban J connectivity index is 1.56. The number of aryl methyl sites for hydroxylation is 2. The standard InChI is InChI=1S/C21H25N5O2/c1-13-19(15(3)27)14(2)24-20(13)21(28)23-11-7-8-16-12-18(22)26(25-16)17-9-5-4-6-10-17/h4-6,9-10,12,24H,7-8,11,22H2,1-3H3,(H,23,28). The Hall–Kier alpha value is -3.35. The molecular formula is C21H25N5O2. The second kappa shape index (κ2) is 8.12. The number of amides is 1. The molecule has 146 valence electrons. The van der Waals surface area contributed by atoms with E-state index in [1.54, 1.807) is 18.5 Å². The Morgan fingerprint density at radius 2 is 1.93 bits per heavy atom. The van der Waals surface area contributed by atoms with Crippen LogP contribution >= 0.6 is 0 Å². The van der Waals surface area contributed by atoms with E-state index in [1.807, 2.05) is 36.4 Å². The third kappa shape index (κ3) is 3.98. The number of Topliss-reactive ketones (excluding diaryl/α,β-unsaturated/α-hetero) is 1. The molecule has 0 atom stereocenters. The normalized spacial score (nSPS) is 10.8.